The summed E-state index contributed by atoms with van der Waals surface area (Å²) in [5.41, 5.74) is 1.28. The van der Waals surface area contributed by atoms with Gasteiger partial charge in [-0.25, -0.2) is 4.39 Å². The Hall–Kier alpha value is -0.470. The van der Waals surface area contributed by atoms with Gasteiger partial charge >= 0.3 is 0 Å². The molecule has 0 bridgehead atoms. The van der Waals surface area contributed by atoms with Gasteiger partial charge in [0.2, 0.25) is 0 Å². The minimum atomic E-state index is -0.849. The Morgan fingerprint density at radius 1 is 1.21 bits per heavy atom. The molecule has 14 heavy (non-hydrogen) atoms. The molecule has 0 radical (unpaired) electrons. The average molecular weight is 237 g/mol. The minimum absolute atomic E-state index is 0.0550. The van der Waals surface area contributed by atoms with E-state index in [9.17, 15) is 9.50 Å². The monoisotopic (exact) mass is 236 g/mol. The van der Waals surface area contributed by atoms with Crippen molar-refractivity contribution in [3.05, 3.63) is 27.0 Å². The Bertz CT molecular complexity index is 346. The van der Waals surface area contributed by atoms with Crippen LogP contribution in [0.4, 0.5) is 4.39 Å². The zero-order chi connectivity index (χ0) is 11.0. The largest absolute Gasteiger partial charge is 0.504 e. The molecule has 0 unspecified atom stereocenters. The van der Waals surface area contributed by atoms with E-state index in [1.165, 1.54) is 0 Å². The Labute approximate surface area is 92.5 Å². The predicted octanol–water partition coefficient (Wildman–Crippen LogP) is 4.27. The highest BCUT2D eigenvalue weighted by molar-refractivity contribution is 6.35. The van der Waals surface area contributed by atoms with Crippen molar-refractivity contribution < 1.29 is 9.50 Å². The van der Waals surface area contributed by atoms with E-state index < -0.39 is 11.6 Å². The highest BCUT2D eigenvalue weighted by Gasteiger charge is 2.20. The van der Waals surface area contributed by atoms with Crippen LogP contribution in [0.1, 0.15) is 30.9 Å². The number of hydrogen-bond donors (Lipinski definition) is 1. The molecule has 1 aromatic rings. The first-order chi connectivity index (χ1) is 6.37. The number of benzene rings is 1. The van der Waals surface area contributed by atoms with Gasteiger partial charge < -0.3 is 5.11 Å². The Morgan fingerprint density at radius 2 is 1.71 bits per heavy atom. The summed E-state index contributed by atoms with van der Waals surface area (Å²) < 4.78 is 13.2. The predicted molar refractivity (Wildman–Crippen MR) is 56.9 cm³/mol. The van der Waals surface area contributed by atoms with E-state index in [1.807, 2.05) is 13.8 Å². The van der Waals surface area contributed by atoms with Crippen LogP contribution < -0.4 is 0 Å². The van der Waals surface area contributed by atoms with E-state index in [0.29, 0.717) is 11.1 Å². The Morgan fingerprint density at radius 3 is 2.14 bits per heavy atom. The van der Waals surface area contributed by atoms with Gasteiger partial charge in [-0.2, -0.15) is 0 Å². The second-order valence-electron chi connectivity index (χ2n) is 3.48. The fourth-order valence-corrected chi connectivity index (χ4v) is 2.10. The van der Waals surface area contributed by atoms with E-state index in [0.717, 1.165) is 0 Å². The minimum Gasteiger partial charge on any atom is -0.504 e. The highest BCUT2D eigenvalue weighted by Crippen LogP contribution is 2.41. The second-order valence-corrected chi connectivity index (χ2v) is 4.24. The van der Waals surface area contributed by atoms with Crippen LogP contribution in [0.15, 0.2) is 0 Å². The number of halogens is 3. The van der Waals surface area contributed by atoms with Crippen LogP contribution >= 0.6 is 23.2 Å². The zero-order valence-electron chi connectivity index (χ0n) is 8.16. The van der Waals surface area contributed by atoms with Crippen molar-refractivity contribution in [1.82, 2.24) is 0 Å². The first-order valence-electron chi connectivity index (χ1n) is 4.23. The van der Waals surface area contributed by atoms with E-state index in [2.05, 4.69) is 0 Å². The average Bonchev–Trinajstić information content (AvgIpc) is 2.11. The summed E-state index contributed by atoms with van der Waals surface area (Å²) in [4.78, 5) is 0. The zero-order valence-corrected chi connectivity index (χ0v) is 9.67. The van der Waals surface area contributed by atoms with Crippen LogP contribution in [0.5, 0.6) is 5.75 Å². The van der Waals surface area contributed by atoms with Gasteiger partial charge in [-0.05, 0) is 24.0 Å². The first-order valence-corrected chi connectivity index (χ1v) is 4.99. The summed E-state index contributed by atoms with van der Waals surface area (Å²) >= 11 is 11.5. The van der Waals surface area contributed by atoms with Gasteiger partial charge in [-0.15, -0.1) is 0 Å². The van der Waals surface area contributed by atoms with Gasteiger partial charge in [-0.1, -0.05) is 37.0 Å². The van der Waals surface area contributed by atoms with Gasteiger partial charge in [0.1, 0.15) is 0 Å². The number of phenolic OH excluding ortho intramolecular Hbond substituents is 1. The van der Waals surface area contributed by atoms with Crippen molar-refractivity contribution in [2.24, 2.45) is 0 Å². The van der Waals surface area contributed by atoms with Crippen LogP contribution in [-0.4, -0.2) is 5.11 Å². The maximum atomic E-state index is 13.2. The molecular weight excluding hydrogens is 226 g/mol. The third-order valence-electron chi connectivity index (χ3n) is 2.16. The molecule has 0 aliphatic rings. The lowest BCUT2D eigenvalue weighted by molar-refractivity contribution is 0.431. The molecule has 0 aromatic heterocycles. The topological polar surface area (TPSA) is 20.2 Å². The third-order valence-corrected chi connectivity index (χ3v) is 2.99. The normalized spacial score (nSPS) is 11.1. The maximum absolute atomic E-state index is 13.2. The highest BCUT2D eigenvalue weighted by atomic mass is 35.5. The summed E-state index contributed by atoms with van der Waals surface area (Å²) in [5.74, 6) is -1.32. The molecule has 1 nitrogen and oxygen atoms in total. The summed E-state index contributed by atoms with van der Waals surface area (Å²) in [7, 11) is 0. The quantitative estimate of drug-likeness (QED) is 0.723. The molecule has 0 atom stereocenters. The molecule has 1 rings (SSSR count). The van der Waals surface area contributed by atoms with Crippen LogP contribution in [0, 0.1) is 12.7 Å². The van der Waals surface area contributed by atoms with Gasteiger partial charge in [0.25, 0.3) is 0 Å². The SMILES string of the molecule is Cc1c(Cl)c(F)c(O)c(Cl)c1C(C)C. The van der Waals surface area contributed by atoms with E-state index in [4.69, 9.17) is 23.2 Å². The molecule has 0 saturated carbocycles. The number of rotatable bonds is 1. The van der Waals surface area contributed by atoms with Gasteiger partial charge in [-0.3, -0.25) is 0 Å². The van der Waals surface area contributed by atoms with Crippen molar-refractivity contribution in [2.75, 3.05) is 0 Å². The number of hydrogen-bond acceptors (Lipinski definition) is 1. The van der Waals surface area contributed by atoms with Crippen LogP contribution in [0.25, 0.3) is 0 Å². The lowest BCUT2D eigenvalue weighted by Gasteiger charge is -2.15. The van der Waals surface area contributed by atoms with Gasteiger partial charge in [0, 0.05) is 0 Å². The summed E-state index contributed by atoms with van der Waals surface area (Å²) in [5, 5.41) is 9.35. The molecule has 0 heterocycles. The molecular formula is C10H11Cl2FO. The van der Waals surface area contributed by atoms with Crippen LogP contribution in [-0.2, 0) is 0 Å². The maximum Gasteiger partial charge on any atom is 0.185 e. The number of phenols is 1. The molecule has 0 aliphatic carbocycles. The van der Waals surface area contributed by atoms with Crippen molar-refractivity contribution in [1.29, 1.82) is 0 Å². The molecule has 0 fully saturated rings. The van der Waals surface area contributed by atoms with Gasteiger partial charge in [0.15, 0.2) is 11.6 Å². The van der Waals surface area contributed by atoms with E-state index >= 15 is 0 Å². The van der Waals surface area contributed by atoms with Crippen molar-refractivity contribution in [3.8, 4) is 5.75 Å². The summed E-state index contributed by atoms with van der Waals surface area (Å²) in [6.45, 7) is 5.50. The fourth-order valence-electron chi connectivity index (χ4n) is 1.46. The molecule has 0 aliphatic heterocycles. The molecule has 0 amide bonds. The third kappa shape index (κ3) is 1.69. The molecule has 1 N–H and O–H groups in total. The molecule has 78 valence electrons. The second kappa shape index (κ2) is 3.95. The summed E-state index contributed by atoms with van der Waals surface area (Å²) in [6, 6.07) is 0. The Balaban J connectivity index is 3.60. The van der Waals surface area contributed by atoms with Gasteiger partial charge in [0.05, 0.1) is 10.0 Å². The lowest BCUT2D eigenvalue weighted by atomic mass is 9.97. The fraction of sp³-hybridized carbons (Fsp3) is 0.400. The van der Waals surface area contributed by atoms with Crippen LogP contribution in [0.3, 0.4) is 0 Å². The van der Waals surface area contributed by atoms with Crippen molar-refractivity contribution in [3.63, 3.8) is 0 Å². The Kier molecular flexibility index (Phi) is 3.28. The molecule has 1 aromatic carbocycles. The summed E-state index contributed by atoms with van der Waals surface area (Å²) in [6.07, 6.45) is 0. The molecule has 4 heteroatoms. The molecule has 0 saturated heterocycles. The van der Waals surface area contributed by atoms with Crippen molar-refractivity contribution >= 4 is 23.2 Å². The van der Waals surface area contributed by atoms with E-state index in [-0.39, 0.29) is 16.0 Å². The smallest absolute Gasteiger partial charge is 0.185 e. The molecule has 0 spiro atoms. The van der Waals surface area contributed by atoms with Crippen molar-refractivity contribution in [2.45, 2.75) is 26.7 Å². The lowest BCUT2D eigenvalue weighted by Crippen LogP contribution is -1.97. The van der Waals surface area contributed by atoms with E-state index in [1.54, 1.807) is 6.92 Å². The first kappa shape index (κ1) is 11.6. The standard InChI is InChI=1S/C10H11Cl2FO/c1-4(2)6-5(3)7(11)9(13)10(14)8(6)12/h4,14H,1-3H3. The van der Waals surface area contributed by atoms with Crippen LogP contribution in [0.2, 0.25) is 10.0 Å². The number of aromatic hydroxyl groups is 1.